The number of fused-ring (bicyclic) bond motifs is 6. The summed E-state index contributed by atoms with van der Waals surface area (Å²) >= 11 is 0. The number of hydrogen-bond donors (Lipinski definition) is 0. The van der Waals surface area contributed by atoms with Gasteiger partial charge in [0.2, 0.25) is 5.69 Å². The second kappa shape index (κ2) is 11.4. The largest absolute Gasteiger partial charge is 0.318 e. The van der Waals surface area contributed by atoms with Crippen LogP contribution in [0.15, 0.2) is 152 Å². The van der Waals surface area contributed by atoms with E-state index >= 15 is 0 Å². The fourth-order valence-electron chi connectivity index (χ4n) is 7.49. The Morgan fingerprint density at radius 2 is 1.04 bits per heavy atom. The molecule has 7 aromatic carbocycles. The second-order valence-electron chi connectivity index (χ2n) is 12.2. The SMILES string of the molecule is [C-]#[N+]c1cccc(-c2cccc(-c3ccc(-n4c5ccccc5c5cc(C#N)ccc54)cc3)c2C#N)c1-n1c2ccccc2c2ccccc21. The summed E-state index contributed by atoms with van der Waals surface area (Å²) in [5.74, 6) is 0. The van der Waals surface area contributed by atoms with Gasteiger partial charge in [0, 0.05) is 38.4 Å². The van der Waals surface area contributed by atoms with Crippen LogP contribution in [0.4, 0.5) is 5.69 Å². The van der Waals surface area contributed by atoms with E-state index in [1.54, 1.807) is 0 Å². The van der Waals surface area contributed by atoms with Crippen molar-refractivity contribution in [3.8, 4) is 45.8 Å². The molecule has 0 amide bonds. The number of hydrogen-bond acceptors (Lipinski definition) is 2. The van der Waals surface area contributed by atoms with Crippen LogP contribution in [-0.2, 0) is 0 Å². The van der Waals surface area contributed by atoms with Crippen LogP contribution in [0.2, 0.25) is 0 Å². The Labute approximate surface area is 288 Å². The maximum Gasteiger partial charge on any atom is 0.211 e. The van der Waals surface area contributed by atoms with E-state index in [0.29, 0.717) is 16.8 Å². The van der Waals surface area contributed by atoms with Gasteiger partial charge in [-0.05, 0) is 59.7 Å². The first-order chi connectivity index (χ1) is 24.7. The van der Waals surface area contributed by atoms with Crippen molar-refractivity contribution in [1.29, 1.82) is 10.5 Å². The molecule has 0 saturated heterocycles. The molecule has 0 radical (unpaired) electrons. The van der Waals surface area contributed by atoms with E-state index in [1.165, 1.54) is 0 Å². The Kier molecular flexibility index (Phi) is 6.56. The molecule has 0 spiro atoms. The zero-order chi connectivity index (χ0) is 33.8. The van der Waals surface area contributed by atoms with Gasteiger partial charge in [-0.25, -0.2) is 4.85 Å². The summed E-state index contributed by atoms with van der Waals surface area (Å²) < 4.78 is 4.38. The number of rotatable bonds is 4. The van der Waals surface area contributed by atoms with Crippen molar-refractivity contribution in [2.24, 2.45) is 0 Å². The van der Waals surface area contributed by atoms with Gasteiger partial charge < -0.3 is 9.13 Å². The molecule has 230 valence electrons. The lowest BCUT2D eigenvalue weighted by Crippen LogP contribution is -1.99. The third kappa shape index (κ3) is 4.24. The minimum atomic E-state index is 0.515. The van der Waals surface area contributed by atoms with Gasteiger partial charge in [-0.2, -0.15) is 10.5 Å². The van der Waals surface area contributed by atoms with Gasteiger partial charge in [0.15, 0.2) is 0 Å². The number of para-hydroxylation sites is 4. The fourth-order valence-corrected chi connectivity index (χ4v) is 7.49. The number of benzene rings is 7. The van der Waals surface area contributed by atoms with Crippen LogP contribution in [0.25, 0.3) is 82.1 Å². The molecular formula is C45H25N5. The maximum atomic E-state index is 10.8. The lowest BCUT2D eigenvalue weighted by molar-refractivity contribution is 1.18. The van der Waals surface area contributed by atoms with Crippen LogP contribution >= 0.6 is 0 Å². The third-order valence-electron chi connectivity index (χ3n) is 9.64. The smallest absolute Gasteiger partial charge is 0.211 e. The summed E-state index contributed by atoms with van der Waals surface area (Å²) in [6, 6.07) is 55.3. The molecule has 0 saturated carbocycles. The quantitative estimate of drug-likeness (QED) is 0.181. The molecule has 0 fully saturated rings. The average Bonchev–Trinajstić information content (AvgIpc) is 3.69. The first kappa shape index (κ1) is 28.8. The number of nitrogens with zero attached hydrogens (tertiary/aromatic N) is 5. The van der Waals surface area contributed by atoms with Crippen molar-refractivity contribution >= 4 is 49.3 Å². The topological polar surface area (TPSA) is 61.8 Å². The van der Waals surface area contributed by atoms with Crippen LogP contribution in [0.1, 0.15) is 11.1 Å². The molecule has 5 nitrogen and oxygen atoms in total. The van der Waals surface area contributed by atoms with Gasteiger partial charge in [0.1, 0.15) is 6.07 Å². The molecule has 0 bridgehead atoms. The zero-order valence-electron chi connectivity index (χ0n) is 26.7. The third-order valence-corrected chi connectivity index (χ3v) is 9.64. The van der Waals surface area contributed by atoms with Crippen molar-refractivity contribution < 1.29 is 0 Å². The van der Waals surface area contributed by atoms with Gasteiger partial charge in [-0.1, -0.05) is 103 Å². The highest BCUT2D eigenvalue weighted by Gasteiger charge is 2.21. The van der Waals surface area contributed by atoms with Crippen LogP contribution < -0.4 is 0 Å². The minimum absolute atomic E-state index is 0.515. The van der Waals surface area contributed by atoms with Crippen molar-refractivity contribution in [2.45, 2.75) is 0 Å². The number of nitriles is 2. The lowest BCUT2D eigenvalue weighted by atomic mass is 9.91. The van der Waals surface area contributed by atoms with Crippen LogP contribution in [0, 0.1) is 29.2 Å². The molecule has 0 atom stereocenters. The highest BCUT2D eigenvalue weighted by atomic mass is 15.0. The van der Waals surface area contributed by atoms with Crippen LogP contribution in [0.3, 0.4) is 0 Å². The van der Waals surface area contributed by atoms with E-state index in [9.17, 15) is 10.5 Å². The summed E-state index contributed by atoms with van der Waals surface area (Å²) in [6.07, 6.45) is 0. The first-order valence-electron chi connectivity index (χ1n) is 16.3. The highest BCUT2D eigenvalue weighted by molar-refractivity contribution is 6.11. The Hall–Kier alpha value is -7.39. The van der Waals surface area contributed by atoms with Gasteiger partial charge in [-0.3, -0.25) is 0 Å². The highest BCUT2D eigenvalue weighted by Crippen LogP contribution is 2.43. The molecule has 0 aliphatic heterocycles. The van der Waals surface area contributed by atoms with Crippen LogP contribution in [-0.4, -0.2) is 9.13 Å². The summed E-state index contributed by atoms with van der Waals surface area (Å²) in [5.41, 5.74) is 10.8. The fraction of sp³-hybridized carbons (Fsp3) is 0. The normalized spacial score (nSPS) is 11.1. The Bertz CT molecular complexity index is 2900. The minimum Gasteiger partial charge on any atom is -0.318 e. The van der Waals surface area contributed by atoms with Gasteiger partial charge >= 0.3 is 0 Å². The predicted octanol–water partition coefficient (Wildman–Crippen LogP) is 11.5. The van der Waals surface area contributed by atoms with Crippen LogP contribution in [0.5, 0.6) is 0 Å². The van der Waals surface area contributed by atoms with E-state index in [4.69, 9.17) is 6.57 Å². The maximum absolute atomic E-state index is 10.8. The molecule has 50 heavy (non-hydrogen) atoms. The second-order valence-corrected chi connectivity index (χ2v) is 12.2. The van der Waals surface area contributed by atoms with E-state index in [1.807, 2.05) is 91.0 Å². The summed E-state index contributed by atoms with van der Waals surface area (Å²) in [7, 11) is 0. The average molecular weight is 636 g/mol. The van der Waals surface area contributed by atoms with Gasteiger partial charge in [0.05, 0.1) is 51.5 Å². The molecule has 0 aliphatic carbocycles. The van der Waals surface area contributed by atoms with E-state index in [-0.39, 0.29) is 0 Å². The van der Waals surface area contributed by atoms with E-state index in [0.717, 1.165) is 77.2 Å². The Morgan fingerprint density at radius 1 is 0.480 bits per heavy atom. The molecule has 9 aromatic rings. The molecular weight excluding hydrogens is 611 g/mol. The Balaban J connectivity index is 1.22. The molecule has 9 rings (SSSR count). The Morgan fingerprint density at radius 3 is 1.68 bits per heavy atom. The van der Waals surface area contributed by atoms with Gasteiger partial charge in [-0.15, -0.1) is 0 Å². The van der Waals surface area contributed by atoms with Crippen molar-refractivity contribution in [3.63, 3.8) is 0 Å². The molecule has 5 heteroatoms. The molecule has 0 unspecified atom stereocenters. The molecule has 2 heterocycles. The standard InChI is InChI=1S/C45H25N5/c1-48-40-16-9-15-37(45(40)50-42-18-6-2-10-34(42)35-11-3-7-19-43(35)50)33-14-8-13-32(39(33)28-47)30-21-23-31(24-22-30)49-41-17-5-4-12-36(41)38-26-29(27-46)20-25-44(38)49/h2-26H. The molecule has 2 aromatic heterocycles. The zero-order valence-corrected chi connectivity index (χ0v) is 26.7. The number of aromatic nitrogens is 2. The summed E-state index contributed by atoms with van der Waals surface area (Å²) in [5, 5.41) is 24.6. The van der Waals surface area contributed by atoms with Crippen molar-refractivity contribution in [3.05, 3.63) is 174 Å². The summed E-state index contributed by atoms with van der Waals surface area (Å²) in [6.45, 7) is 8.17. The predicted molar refractivity (Wildman–Crippen MR) is 202 cm³/mol. The van der Waals surface area contributed by atoms with E-state index < -0.39 is 0 Å². The van der Waals surface area contributed by atoms with Crippen molar-refractivity contribution in [2.75, 3.05) is 0 Å². The van der Waals surface area contributed by atoms with E-state index in [2.05, 4.69) is 86.8 Å². The molecule has 0 N–H and O–H groups in total. The molecule has 0 aliphatic rings. The first-order valence-corrected chi connectivity index (χ1v) is 16.3. The van der Waals surface area contributed by atoms with Crippen molar-refractivity contribution in [1.82, 2.24) is 9.13 Å². The monoisotopic (exact) mass is 635 g/mol. The van der Waals surface area contributed by atoms with Gasteiger partial charge in [0.25, 0.3) is 0 Å². The summed E-state index contributed by atoms with van der Waals surface area (Å²) in [4.78, 5) is 3.98. The lowest BCUT2D eigenvalue weighted by Gasteiger charge is -2.18.